The molecule has 1 aromatic heterocycles. The third-order valence-electron chi connectivity index (χ3n) is 4.75. The summed E-state index contributed by atoms with van der Waals surface area (Å²) in [6.07, 6.45) is -0.0622. The van der Waals surface area contributed by atoms with Crippen LogP contribution in [0.15, 0.2) is 42.5 Å². The average Bonchev–Trinajstić information content (AvgIpc) is 3.07. The number of thiazole rings is 1. The van der Waals surface area contributed by atoms with E-state index < -0.39 is 24.3 Å². The number of carbonyl (C=O) groups excluding carboxylic acids is 2. The average molecular weight is 447 g/mol. The molecular formula is C21H16F3N3O3S. The van der Waals surface area contributed by atoms with Crippen molar-refractivity contribution in [3.63, 3.8) is 0 Å². The largest absolute Gasteiger partial charge is 0.435 e. The molecule has 1 aliphatic rings. The molecule has 3 aromatic rings. The lowest BCUT2D eigenvalue weighted by Crippen LogP contribution is -2.30. The van der Waals surface area contributed by atoms with Crippen LogP contribution in [0.4, 0.5) is 24.0 Å². The molecule has 160 valence electrons. The van der Waals surface area contributed by atoms with Crippen LogP contribution < -0.4 is 15.4 Å². The van der Waals surface area contributed by atoms with Gasteiger partial charge in [0.1, 0.15) is 11.6 Å². The van der Waals surface area contributed by atoms with Crippen LogP contribution in [0.2, 0.25) is 0 Å². The van der Waals surface area contributed by atoms with E-state index in [4.69, 9.17) is 0 Å². The summed E-state index contributed by atoms with van der Waals surface area (Å²) < 4.78 is 42.4. The summed E-state index contributed by atoms with van der Waals surface area (Å²) >= 11 is 1.25. The highest BCUT2D eigenvalue weighted by atomic mass is 32.1. The molecule has 1 aliphatic heterocycles. The van der Waals surface area contributed by atoms with Gasteiger partial charge in [0.05, 0.1) is 11.6 Å². The molecule has 0 aliphatic carbocycles. The van der Waals surface area contributed by atoms with Gasteiger partial charge in [-0.3, -0.25) is 9.59 Å². The Labute approximate surface area is 179 Å². The molecule has 2 heterocycles. The van der Waals surface area contributed by atoms with Gasteiger partial charge in [-0.1, -0.05) is 6.07 Å². The number of fused-ring (bicyclic) bond motifs is 1. The standard InChI is InChI=1S/C21H16F3N3O3S/c1-10-18(11-2-5-13(6-3-11)30-20(23)24)26-21(31-10)27-19(29)15-9-17(28)25-16-8-12(22)4-7-14(15)16/h2-8,15,20H,9H2,1H3,(H,25,28)(H,26,27,29). The predicted molar refractivity (Wildman–Crippen MR) is 110 cm³/mol. The molecule has 10 heteroatoms. The minimum absolute atomic E-state index is 0.0332. The first-order valence-corrected chi connectivity index (χ1v) is 10.0. The van der Waals surface area contributed by atoms with Crippen LogP contribution in [0.1, 0.15) is 22.8 Å². The van der Waals surface area contributed by atoms with Gasteiger partial charge in [-0.05, 0) is 48.9 Å². The summed E-state index contributed by atoms with van der Waals surface area (Å²) in [7, 11) is 0. The molecule has 0 bridgehead atoms. The Bertz CT molecular complexity index is 1150. The summed E-state index contributed by atoms with van der Waals surface area (Å²) in [5.74, 6) is -2.05. The Kier molecular flexibility index (Phi) is 5.64. The summed E-state index contributed by atoms with van der Waals surface area (Å²) in [4.78, 5) is 30.1. The molecule has 1 atom stereocenters. The maximum atomic E-state index is 13.5. The molecule has 0 spiro atoms. The Morgan fingerprint density at radius 3 is 2.71 bits per heavy atom. The molecule has 2 N–H and O–H groups in total. The maximum Gasteiger partial charge on any atom is 0.387 e. The molecule has 0 saturated heterocycles. The van der Waals surface area contributed by atoms with Crippen LogP contribution in [0.3, 0.4) is 0 Å². The van der Waals surface area contributed by atoms with Gasteiger partial charge in [-0.25, -0.2) is 9.37 Å². The predicted octanol–water partition coefficient (Wildman–Crippen LogP) is 4.92. The second-order valence-corrected chi connectivity index (χ2v) is 8.06. The number of nitrogens with one attached hydrogen (secondary N) is 2. The van der Waals surface area contributed by atoms with Crippen LogP contribution in [0, 0.1) is 12.7 Å². The van der Waals surface area contributed by atoms with Gasteiger partial charge in [0.2, 0.25) is 11.8 Å². The molecule has 0 fully saturated rings. The molecule has 6 nitrogen and oxygen atoms in total. The normalized spacial score (nSPS) is 15.4. The fourth-order valence-corrected chi connectivity index (χ4v) is 4.21. The number of benzene rings is 2. The number of carbonyl (C=O) groups is 2. The lowest BCUT2D eigenvalue weighted by atomic mass is 9.90. The van der Waals surface area contributed by atoms with Gasteiger partial charge in [0.25, 0.3) is 0 Å². The van der Waals surface area contributed by atoms with Gasteiger partial charge in [-0.2, -0.15) is 8.78 Å². The zero-order chi connectivity index (χ0) is 22.1. The first-order valence-electron chi connectivity index (χ1n) is 9.23. The van der Waals surface area contributed by atoms with E-state index in [2.05, 4.69) is 20.4 Å². The first kappa shape index (κ1) is 20.9. The van der Waals surface area contributed by atoms with E-state index in [0.29, 0.717) is 22.0 Å². The van der Waals surface area contributed by atoms with E-state index in [0.717, 1.165) is 4.88 Å². The van der Waals surface area contributed by atoms with Crippen LogP contribution in [-0.4, -0.2) is 23.4 Å². The van der Waals surface area contributed by atoms with Crippen LogP contribution in [0.25, 0.3) is 11.3 Å². The summed E-state index contributed by atoms with van der Waals surface area (Å²) in [5, 5.41) is 5.63. The minimum atomic E-state index is -2.91. The highest BCUT2D eigenvalue weighted by molar-refractivity contribution is 7.16. The monoisotopic (exact) mass is 447 g/mol. The number of aryl methyl sites for hydroxylation is 1. The third-order valence-corrected chi connectivity index (χ3v) is 5.64. The first-order chi connectivity index (χ1) is 14.8. The summed E-state index contributed by atoms with van der Waals surface area (Å²) in [5.41, 5.74) is 2.07. The number of rotatable bonds is 5. The molecule has 2 aromatic carbocycles. The number of anilines is 2. The van der Waals surface area contributed by atoms with Crippen LogP contribution >= 0.6 is 11.3 Å². The molecular weight excluding hydrogens is 431 g/mol. The quantitative estimate of drug-likeness (QED) is 0.582. The van der Waals surface area contributed by atoms with Crippen molar-refractivity contribution in [3.8, 4) is 17.0 Å². The highest BCUT2D eigenvalue weighted by Crippen LogP contribution is 2.35. The van der Waals surface area contributed by atoms with Gasteiger partial charge in [0.15, 0.2) is 5.13 Å². The number of hydrogen-bond acceptors (Lipinski definition) is 5. The molecule has 4 rings (SSSR count). The molecule has 0 radical (unpaired) electrons. The second-order valence-electron chi connectivity index (χ2n) is 6.85. The van der Waals surface area contributed by atoms with E-state index in [9.17, 15) is 22.8 Å². The Morgan fingerprint density at radius 1 is 1.26 bits per heavy atom. The maximum absolute atomic E-state index is 13.5. The van der Waals surface area contributed by atoms with E-state index in [1.165, 1.54) is 41.7 Å². The number of hydrogen-bond donors (Lipinski definition) is 2. The van der Waals surface area contributed by atoms with Crippen molar-refractivity contribution in [1.82, 2.24) is 4.98 Å². The SMILES string of the molecule is Cc1sc(NC(=O)C2CC(=O)Nc3cc(F)ccc32)nc1-c1ccc(OC(F)F)cc1. The van der Waals surface area contributed by atoms with Crippen molar-refractivity contribution in [1.29, 1.82) is 0 Å². The number of nitrogens with zero attached hydrogens (tertiary/aromatic N) is 1. The molecule has 2 amide bonds. The van der Waals surface area contributed by atoms with Crippen molar-refractivity contribution in [2.24, 2.45) is 0 Å². The zero-order valence-electron chi connectivity index (χ0n) is 16.1. The Hall–Kier alpha value is -3.40. The van der Waals surface area contributed by atoms with Crippen molar-refractivity contribution in [3.05, 3.63) is 58.7 Å². The van der Waals surface area contributed by atoms with Crippen molar-refractivity contribution in [2.45, 2.75) is 25.9 Å². The smallest absolute Gasteiger partial charge is 0.387 e. The van der Waals surface area contributed by atoms with E-state index in [1.54, 1.807) is 12.1 Å². The van der Waals surface area contributed by atoms with E-state index in [1.807, 2.05) is 6.92 Å². The Balaban J connectivity index is 1.53. The van der Waals surface area contributed by atoms with Gasteiger partial charge in [0, 0.05) is 22.5 Å². The zero-order valence-corrected chi connectivity index (χ0v) is 16.9. The fraction of sp³-hybridized carbons (Fsp3) is 0.190. The minimum Gasteiger partial charge on any atom is -0.435 e. The van der Waals surface area contributed by atoms with Gasteiger partial charge >= 0.3 is 6.61 Å². The van der Waals surface area contributed by atoms with Gasteiger partial charge < -0.3 is 15.4 Å². The topological polar surface area (TPSA) is 80.3 Å². The van der Waals surface area contributed by atoms with E-state index in [-0.39, 0.29) is 23.8 Å². The van der Waals surface area contributed by atoms with Crippen molar-refractivity contribution >= 4 is 34.0 Å². The van der Waals surface area contributed by atoms with Crippen LogP contribution in [-0.2, 0) is 9.59 Å². The summed E-state index contributed by atoms with van der Waals surface area (Å²) in [6.45, 7) is -1.09. The van der Waals surface area contributed by atoms with Crippen molar-refractivity contribution < 1.29 is 27.5 Å². The molecule has 0 saturated carbocycles. The Morgan fingerprint density at radius 2 is 2.00 bits per heavy atom. The lowest BCUT2D eigenvalue weighted by molar-refractivity contribution is -0.123. The molecule has 1 unspecified atom stereocenters. The molecule has 31 heavy (non-hydrogen) atoms. The van der Waals surface area contributed by atoms with Gasteiger partial charge in [-0.15, -0.1) is 11.3 Å². The number of aromatic nitrogens is 1. The highest BCUT2D eigenvalue weighted by Gasteiger charge is 2.31. The number of halogens is 3. The van der Waals surface area contributed by atoms with E-state index >= 15 is 0 Å². The number of amides is 2. The number of ether oxygens (including phenoxy) is 1. The van der Waals surface area contributed by atoms with Crippen molar-refractivity contribution in [2.75, 3.05) is 10.6 Å². The van der Waals surface area contributed by atoms with Crippen LogP contribution in [0.5, 0.6) is 5.75 Å². The lowest BCUT2D eigenvalue weighted by Gasteiger charge is -2.24. The summed E-state index contributed by atoms with van der Waals surface area (Å²) in [6, 6.07) is 9.92. The number of alkyl halides is 2. The fourth-order valence-electron chi connectivity index (χ4n) is 3.38. The second kappa shape index (κ2) is 8.38. The third kappa shape index (κ3) is 4.53.